The number of anilines is 3. The largest absolute Gasteiger partial charge is 0.367 e. The van der Waals surface area contributed by atoms with Crippen LogP contribution in [0.1, 0.15) is 19.3 Å². The fourth-order valence-electron chi connectivity index (χ4n) is 3.23. The van der Waals surface area contributed by atoms with Crippen LogP contribution in [0, 0.1) is 0 Å². The normalized spacial score (nSPS) is 14.4. The quantitative estimate of drug-likeness (QED) is 0.378. The molecule has 0 unspecified atom stereocenters. The van der Waals surface area contributed by atoms with Crippen LogP contribution < -0.4 is 21.9 Å². The second kappa shape index (κ2) is 5.97. The van der Waals surface area contributed by atoms with Crippen molar-refractivity contribution in [2.75, 3.05) is 10.6 Å². The predicted octanol–water partition coefficient (Wildman–Crippen LogP) is 2.20. The molecule has 27 heavy (non-hydrogen) atoms. The van der Waals surface area contributed by atoms with Crippen LogP contribution in [0.4, 0.5) is 17.5 Å². The molecule has 1 aliphatic rings. The van der Waals surface area contributed by atoms with Crippen molar-refractivity contribution in [2.24, 2.45) is 0 Å². The molecule has 5 rings (SSSR count). The zero-order chi connectivity index (χ0) is 18.4. The van der Waals surface area contributed by atoms with E-state index in [-0.39, 0.29) is 0 Å². The van der Waals surface area contributed by atoms with E-state index >= 15 is 0 Å². The molecule has 9 nitrogen and oxygen atoms in total. The van der Waals surface area contributed by atoms with Gasteiger partial charge in [-0.1, -0.05) is 0 Å². The molecule has 0 spiro atoms. The third kappa shape index (κ3) is 2.82. The molecule has 1 saturated carbocycles. The number of hydrogen-bond donors (Lipinski definition) is 5. The molecule has 5 N–H and O–H groups in total. The molecule has 1 aromatic carbocycles. The highest BCUT2D eigenvalue weighted by atomic mass is 16.2. The summed E-state index contributed by atoms with van der Waals surface area (Å²) in [5.74, 6) is 1.22. The van der Waals surface area contributed by atoms with Gasteiger partial charge in [-0.25, -0.2) is 4.79 Å². The number of rotatable bonds is 4. The van der Waals surface area contributed by atoms with Gasteiger partial charge in [0.2, 0.25) is 5.95 Å². The Morgan fingerprint density at radius 1 is 1.04 bits per heavy atom. The lowest BCUT2D eigenvalue weighted by molar-refractivity contribution is 0.445. The summed E-state index contributed by atoms with van der Waals surface area (Å²) in [5.41, 5.74) is 0.892. The van der Waals surface area contributed by atoms with E-state index in [1.165, 1.54) is 6.42 Å². The lowest BCUT2D eigenvalue weighted by Crippen LogP contribution is -2.27. The highest BCUT2D eigenvalue weighted by Gasteiger charge is 2.19. The van der Waals surface area contributed by atoms with E-state index in [9.17, 15) is 9.59 Å². The molecule has 0 aliphatic heterocycles. The Kier molecular flexibility index (Phi) is 3.46. The molecular formula is C18H17N7O2. The van der Waals surface area contributed by atoms with Crippen LogP contribution in [-0.4, -0.2) is 31.0 Å². The smallest absolute Gasteiger partial charge is 0.326 e. The van der Waals surface area contributed by atoms with Gasteiger partial charge in [-0.05, 0) is 43.5 Å². The summed E-state index contributed by atoms with van der Waals surface area (Å²) in [6.45, 7) is 0. The number of H-pyrrole nitrogens is 3. The number of nitrogens with zero attached hydrogens (tertiary/aromatic N) is 2. The van der Waals surface area contributed by atoms with Crippen molar-refractivity contribution in [1.82, 2.24) is 24.9 Å². The maximum atomic E-state index is 11.8. The molecule has 0 bridgehead atoms. The summed E-state index contributed by atoms with van der Waals surface area (Å²) in [5, 5.41) is 7.98. The standard InChI is InChI=1S/C18H17N7O2/c26-16-11-5-4-10(8-13(11)22-18(27)25-16)21-17-23-14-12(6-7-19-14)15(24-17)20-9-2-1-3-9/h4-9H,1-3H2,(H2,22,25,26,27)(H3,19,20,21,23,24). The first kappa shape index (κ1) is 15.6. The number of aromatic nitrogens is 5. The first-order valence-electron chi connectivity index (χ1n) is 8.81. The van der Waals surface area contributed by atoms with Gasteiger partial charge in [-0.2, -0.15) is 9.97 Å². The zero-order valence-electron chi connectivity index (χ0n) is 14.3. The average molecular weight is 363 g/mol. The van der Waals surface area contributed by atoms with Gasteiger partial charge in [-0.15, -0.1) is 0 Å². The Balaban J connectivity index is 1.53. The van der Waals surface area contributed by atoms with Gasteiger partial charge in [0.25, 0.3) is 5.56 Å². The summed E-state index contributed by atoms with van der Waals surface area (Å²) in [4.78, 5) is 40.4. The van der Waals surface area contributed by atoms with Crippen molar-refractivity contribution in [3.05, 3.63) is 51.3 Å². The van der Waals surface area contributed by atoms with Gasteiger partial charge in [0.1, 0.15) is 11.5 Å². The number of aromatic amines is 3. The molecule has 3 heterocycles. The summed E-state index contributed by atoms with van der Waals surface area (Å²) in [6.07, 6.45) is 5.36. The van der Waals surface area contributed by atoms with E-state index in [0.717, 1.165) is 29.7 Å². The number of nitrogens with one attached hydrogen (secondary N) is 5. The molecule has 0 atom stereocenters. The number of benzene rings is 1. The molecule has 9 heteroatoms. The SMILES string of the molecule is O=c1[nH]c(=O)c2ccc(Nc3nc(NC4CCC4)c4cc[nH]c4n3)cc2[nH]1. The Labute approximate surface area is 152 Å². The molecule has 0 radical (unpaired) electrons. The summed E-state index contributed by atoms with van der Waals surface area (Å²) in [6, 6.07) is 7.48. The van der Waals surface area contributed by atoms with Gasteiger partial charge in [0, 0.05) is 17.9 Å². The Hall–Kier alpha value is -3.62. The third-order valence-electron chi connectivity index (χ3n) is 4.86. The highest BCUT2D eigenvalue weighted by Crippen LogP contribution is 2.28. The van der Waals surface area contributed by atoms with E-state index in [0.29, 0.717) is 28.6 Å². The number of hydrogen-bond acceptors (Lipinski definition) is 6. The van der Waals surface area contributed by atoms with E-state index in [1.807, 2.05) is 12.3 Å². The Morgan fingerprint density at radius 2 is 1.93 bits per heavy atom. The fraction of sp³-hybridized carbons (Fsp3) is 0.222. The van der Waals surface area contributed by atoms with Crippen LogP contribution in [0.3, 0.4) is 0 Å². The molecular weight excluding hydrogens is 346 g/mol. The zero-order valence-corrected chi connectivity index (χ0v) is 14.3. The second-order valence-electron chi connectivity index (χ2n) is 6.70. The molecule has 0 saturated heterocycles. The van der Waals surface area contributed by atoms with Crippen LogP contribution in [0.25, 0.3) is 21.9 Å². The second-order valence-corrected chi connectivity index (χ2v) is 6.70. The monoisotopic (exact) mass is 363 g/mol. The third-order valence-corrected chi connectivity index (χ3v) is 4.86. The maximum Gasteiger partial charge on any atom is 0.326 e. The van der Waals surface area contributed by atoms with Crippen LogP contribution in [0.15, 0.2) is 40.1 Å². The first-order valence-corrected chi connectivity index (χ1v) is 8.81. The Morgan fingerprint density at radius 3 is 2.74 bits per heavy atom. The van der Waals surface area contributed by atoms with Crippen molar-refractivity contribution in [1.29, 1.82) is 0 Å². The van der Waals surface area contributed by atoms with E-state index < -0.39 is 11.2 Å². The summed E-state index contributed by atoms with van der Waals surface area (Å²) in [7, 11) is 0. The van der Waals surface area contributed by atoms with Gasteiger partial charge >= 0.3 is 5.69 Å². The minimum Gasteiger partial charge on any atom is -0.367 e. The van der Waals surface area contributed by atoms with Crippen molar-refractivity contribution < 1.29 is 0 Å². The van der Waals surface area contributed by atoms with Crippen LogP contribution in [0.2, 0.25) is 0 Å². The van der Waals surface area contributed by atoms with E-state index in [2.05, 4.69) is 35.6 Å². The predicted molar refractivity (Wildman–Crippen MR) is 104 cm³/mol. The molecule has 0 amide bonds. The lowest BCUT2D eigenvalue weighted by Gasteiger charge is -2.27. The molecule has 3 aromatic heterocycles. The van der Waals surface area contributed by atoms with Gasteiger partial charge in [0.15, 0.2) is 0 Å². The van der Waals surface area contributed by atoms with Crippen molar-refractivity contribution in [3.8, 4) is 0 Å². The van der Waals surface area contributed by atoms with Gasteiger partial charge in [-0.3, -0.25) is 9.78 Å². The molecule has 1 fully saturated rings. The van der Waals surface area contributed by atoms with Crippen LogP contribution in [0.5, 0.6) is 0 Å². The van der Waals surface area contributed by atoms with Gasteiger partial charge in [0.05, 0.1) is 16.3 Å². The van der Waals surface area contributed by atoms with Crippen molar-refractivity contribution in [2.45, 2.75) is 25.3 Å². The Bertz CT molecular complexity index is 1270. The minimum absolute atomic E-state index is 0.410. The van der Waals surface area contributed by atoms with E-state index in [4.69, 9.17) is 0 Å². The fourth-order valence-corrected chi connectivity index (χ4v) is 3.23. The molecule has 136 valence electrons. The average Bonchev–Trinajstić information content (AvgIpc) is 3.06. The molecule has 1 aliphatic carbocycles. The maximum absolute atomic E-state index is 11.8. The van der Waals surface area contributed by atoms with Crippen LogP contribution >= 0.6 is 0 Å². The summed E-state index contributed by atoms with van der Waals surface area (Å²) < 4.78 is 0. The van der Waals surface area contributed by atoms with Gasteiger partial charge < -0.3 is 20.6 Å². The first-order chi connectivity index (χ1) is 13.2. The molecule has 4 aromatic rings. The number of fused-ring (bicyclic) bond motifs is 2. The van der Waals surface area contributed by atoms with Crippen LogP contribution in [-0.2, 0) is 0 Å². The van der Waals surface area contributed by atoms with Crippen molar-refractivity contribution in [3.63, 3.8) is 0 Å². The van der Waals surface area contributed by atoms with E-state index in [1.54, 1.807) is 18.2 Å². The topological polar surface area (TPSA) is 131 Å². The summed E-state index contributed by atoms with van der Waals surface area (Å²) >= 11 is 0. The van der Waals surface area contributed by atoms with Crippen molar-refractivity contribution >= 4 is 39.4 Å². The highest BCUT2D eigenvalue weighted by molar-refractivity contribution is 5.89. The minimum atomic E-state index is -0.541. The lowest BCUT2D eigenvalue weighted by atomic mass is 9.93.